The molecule has 2 rings (SSSR count). The molecule has 0 radical (unpaired) electrons. The normalized spacial score (nSPS) is 31.1. The Morgan fingerprint density at radius 2 is 1.80 bits per heavy atom. The SMILES string of the molecule is [2H]c1c(C([2H])([2H])[2H])c(=O)[nH]c(=O)n1[C@@H]1O[C@H](COP(=O)(O)OP(=O)(O)OP(=O)(O)O)[C@@H](O)[C@H]1O. The highest BCUT2D eigenvalue weighted by Crippen LogP contribution is 2.66. The lowest BCUT2D eigenvalue weighted by Crippen LogP contribution is -2.38. The molecule has 1 saturated heterocycles. The number of nitrogens with zero attached hydrogens (tertiary/aromatic N) is 1. The number of hydrogen-bond acceptors (Lipinski definition) is 11. The fourth-order valence-electron chi connectivity index (χ4n) is 2.17. The number of aliphatic hydroxyl groups excluding tert-OH is 2. The van der Waals surface area contributed by atoms with Crippen LogP contribution in [0.15, 0.2) is 15.8 Å². The van der Waals surface area contributed by atoms with E-state index in [-0.39, 0.29) is 4.57 Å². The van der Waals surface area contributed by atoms with Gasteiger partial charge in [-0.15, -0.1) is 0 Å². The molecule has 1 fully saturated rings. The molecule has 1 aromatic rings. The molecule has 0 spiro atoms. The Bertz CT molecular complexity index is 1190. The Hall–Kier alpha value is -1.03. The largest absolute Gasteiger partial charge is 0.490 e. The predicted molar refractivity (Wildman–Crippen MR) is 91.8 cm³/mol. The van der Waals surface area contributed by atoms with Gasteiger partial charge < -0.3 is 34.5 Å². The highest BCUT2D eigenvalue weighted by molar-refractivity contribution is 7.66. The van der Waals surface area contributed by atoms with Gasteiger partial charge in [0.1, 0.15) is 18.3 Å². The van der Waals surface area contributed by atoms with Gasteiger partial charge in [0.2, 0.25) is 0 Å². The summed E-state index contributed by atoms with van der Waals surface area (Å²) in [5.41, 5.74) is -3.97. The second-order valence-electron chi connectivity index (χ2n) is 5.55. The number of aliphatic hydroxyl groups is 2. The summed E-state index contributed by atoms with van der Waals surface area (Å²) in [7, 11) is -17.1. The van der Waals surface area contributed by atoms with E-state index in [0.29, 0.717) is 0 Å². The van der Waals surface area contributed by atoms with Gasteiger partial charge in [-0.05, 0) is 6.85 Å². The van der Waals surface area contributed by atoms with Crippen LogP contribution >= 0.6 is 23.5 Å². The van der Waals surface area contributed by atoms with Gasteiger partial charge in [0.05, 0.1) is 7.98 Å². The van der Waals surface area contributed by atoms with E-state index in [1.807, 2.05) is 0 Å². The number of aromatic nitrogens is 2. The summed E-state index contributed by atoms with van der Waals surface area (Å²) in [5.74, 6) is 0. The van der Waals surface area contributed by atoms with Gasteiger partial charge in [0.25, 0.3) is 5.56 Å². The molecule has 1 aliphatic rings. The van der Waals surface area contributed by atoms with Gasteiger partial charge in [-0.3, -0.25) is 18.9 Å². The van der Waals surface area contributed by atoms with E-state index in [1.165, 1.54) is 0 Å². The Balaban J connectivity index is 2.25. The van der Waals surface area contributed by atoms with Crippen molar-refractivity contribution < 1.29 is 66.8 Å². The summed E-state index contributed by atoms with van der Waals surface area (Å²) in [5, 5.41) is 20.3. The van der Waals surface area contributed by atoms with Crippen LogP contribution in [0.25, 0.3) is 0 Å². The van der Waals surface area contributed by atoms with E-state index >= 15 is 0 Å². The van der Waals surface area contributed by atoms with Gasteiger partial charge >= 0.3 is 29.2 Å². The number of ether oxygens (including phenoxy) is 1. The highest BCUT2D eigenvalue weighted by Gasteiger charge is 2.46. The smallest absolute Gasteiger partial charge is 0.387 e. The molecule has 0 bridgehead atoms. The number of H-pyrrole nitrogens is 1. The van der Waals surface area contributed by atoms with Crippen LogP contribution in [-0.2, 0) is 31.6 Å². The maximum Gasteiger partial charge on any atom is 0.490 e. The molecule has 7 N–H and O–H groups in total. The minimum Gasteiger partial charge on any atom is -0.387 e. The van der Waals surface area contributed by atoms with Crippen molar-refractivity contribution in [3.8, 4) is 0 Å². The molecule has 0 amide bonds. The Kier molecular flexibility index (Phi) is 5.79. The van der Waals surface area contributed by atoms with Gasteiger partial charge in [-0.1, -0.05) is 0 Å². The summed E-state index contributed by atoms with van der Waals surface area (Å²) >= 11 is 0. The van der Waals surface area contributed by atoms with Crippen LogP contribution in [0.1, 0.15) is 17.3 Å². The van der Waals surface area contributed by atoms with Gasteiger partial charge in [0, 0.05) is 15.8 Å². The highest BCUT2D eigenvalue weighted by atomic mass is 31.3. The molecule has 1 aromatic heterocycles. The zero-order valence-corrected chi connectivity index (χ0v) is 16.8. The summed E-state index contributed by atoms with van der Waals surface area (Å²) < 4.78 is 80.0. The van der Waals surface area contributed by atoms with Crippen molar-refractivity contribution >= 4 is 23.5 Å². The van der Waals surface area contributed by atoms with E-state index < -0.39 is 84.5 Å². The average Bonchev–Trinajstić information content (AvgIpc) is 2.83. The first-order valence-corrected chi connectivity index (χ1v) is 11.8. The number of hydrogen-bond donors (Lipinski definition) is 7. The number of nitrogens with one attached hydrogen (secondary N) is 1. The zero-order valence-electron chi connectivity index (χ0n) is 18.2. The maximum atomic E-state index is 12.1. The monoisotopic (exact) mass is 502 g/mol. The minimum absolute atomic E-state index is 0.182. The Morgan fingerprint density at radius 1 is 1.17 bits per heavy atom. The zero-order chi connectivity index (χ0) is 26.4. The second kappa shape index (κ2) is 8.84. The first-order chi connectivity index (χ1) is 15.2. The molecule has 2 heterocycles. The molecule has 0 aliphatic carbocycles. The van der Waals surface area contributed by atoms with Crippen LogP contribution in [0.4, 0.5) is 0 Å². The average molecular weight is 502 g/mol. The van der Waals surface area contributed by atoms with Crippen molar-refractivity contribution in [1.29, 1.82) is 0 Å². The topological polar surface area (TPSA) is 264 Å². The third-order valence-electron chi connectivity index (χ3n) is 3.31. The maximum absolute atomic E-state index is 12.1. The molecule has 1 aliphatic heterocycles. The molecular formula is C10H17N2O15P3. The fraction of sp³-hybridized carbons (Fsp3) is 0.600. The molecule has 6 atom stereocenters. The van der Waals surface area contributed by atoms with Crippen molar-refractivity contribution in [3.05, 3.63) is 32.6 Å². The molecule has 0 saturated carbocycles. The van der Waals surface area contributed by atoms with E-state index in [0.717, 1.165) is 0 Å². The quantitative estimate of drug-likeness (QED) is 0.186. The number of rotatable bonds is 8. The summed E-state index contributed by atoms with van der Waals surface area (Å²) in [6, 6.07) is 0. The second-order valence-corrected chi connectivity index (χ2v) is 9.97. The van der Waals surface area contributed by atoms with Crippen LogP contribution in [0.5, 0.6) is 0 Å². The lowest BCUT2D eigenvalue weighted by atomic mass is 10.1. The van der Waals surface area contributed by atoms with Crippen LogP contribution in [0.3, 0.4) is 0 Å². The Morgan fingerprint density at radius 3 is 2.37 bits per heavy atom. The van der Waals surface area contributed by atoms with Crippen molar-refractivity contribution in [1.82, 2.24) is 9.55 Å². The molecule has 20 heteroatoms. The van der Waals surface area contributed by atoms with Crippen molar-refractivity contribution in [2.75, 3.05) is 6.61 Å². The predicted octanol–water partition coefficient (Wildman–Crippen LogP) is -2.19. The summed E-state index contributed by atoms with van der Waals surface area (Å²) in [4.78, 5) is 61.0. The van der Waals surface area contributed by atoms with Crippen LogP contribution in [-0.4, -0.2) is 64.3 Å². The Labute approximate surface area is 171 Å². The van der Waals surface area contributed by atoms with E-state index in [2.05, 4.69) is 13.1 Å². The molecule has 17 nitrogen and oxygen atoms in total. The standard InChI is InChI=1S/C10H17N2O15P3/c1-4-2-12(10(16)11-8(4)15)9-7(14)6(13)5(25-9)3-24-29(20,21)27-30(22,23)26-28(17,18)19/h2,5-7,9,13-14H,3H2,1H3,(H,20,21)(H,22,23)(H,11,15,16)(H2,17,18,19)/t5-,6-,7-,9-/m1/s1/i1D3,2D. The number of phosphoric acid groups is 3. The first kappa shape index (κ1) is 19.6. The van der Waals surface area contributed by atoms with E-state index in [4.69, 9.17) is 24.9 Å². The van der Waals surface area contributed by atoms with Crippen molar-refractivity contribution in [3.63, 3.8) is 0 Å². The minimum atomic E-state index is -5.83. The molecular weight excluding hydrogens is 481 g/mol. The van der Waals surface area contributed by atoms with Crippen LogP contribution < -0.4 is 11.2 Å². The third-order valence-corrected chi connectivity index (χ3v) is 7.11. The lowest BCUT2D eigenvalue weighted by molar-refractivity contribution is -0.0543. The van der Waals surface area contributed by atoms with Gasteiger partial charge in [0.15, 0.2) is 6.23 Å². The van der Waals surface area contributed by atoms with Crippen molar-refractivity contribution in [2.24, 2.45) is 0 Å². The molecule has 2 unspecified atom stereocenters. The number of aromatic amines is 1. The van der Waals surface area contributed by atoms with Crippen LogP contribution in [0.2, 0.25) is 0 Å². The first-order valence-electron chi connectivity index (χ1n) is 9.31. The molecule has 30 heavy (non-hydrogen) atoms. The van der Waals surface area contributed by atoms with Crippen molar-refractivity contribution in [2.45, 2.75) is 31.4 Å². The van der Waals surface area contributed by atoms with Gasteiger partial charge in [-0.25, -0.2) is 18.5 Å². The summed E-state index contributed by atoms with van der Waals surface area (Å²) in [6.45, 7) is -4.39. The lowest BCUT2D eigenvalue weighted by Gasteiger charge is -2.19. The molecule has 0 aromatic carbocycles. The van der Waals surface area contributed by atoms with E-state index in [9.17, 15) is 38.4 Å². The van der Waals surface area contributed by atoms with Crippen LogP contribution in [0, 0.1) is 6.85 Å². The van der Waals surface area contributed by atoms with Gasteiger partial charge in [-0.2, -0.15) is 8.62 Å². The third kappa shape index (κ3) is 6.48. The molecule has 172 valence electrons. The number of phosphoric ester groups is 1. The summed E-state index contributed by atoms with van der Waals surface area (Å²) in [6.07, 6.45) is -9.15. The fourth-order valence-corrected chi connectivity index (χ4v) is 5.20. The van der Waals surface area contributed by atoms with E-state index in [1.54, 1.807) is 4.98 Å².